The Morgan fingerprint density at radius 3 is 2.43 bits per heavy atom. The Morgan fingerprint density at radius 2 is 1.86 bits per heavy atom. The van der Waals surface area contributed by atoms with Crippen LogP contribution < -0.4 is 10.1 Å². The molecule has 1 fully saturated rings. The first-order valence-corrected chi connectivity index (χ1v) is 12.1. The smallest absolute Gasteiger partial charge is 0.404 e. The standard InChI is InChI=1S/C25H28F6N4O2/c1-3-21-34-22(23(36)33-14-17-6-4-15(2)5-7-17)19(13-32)35(21)18-9-8-16(10-11-24(26,27)28)12-20(18)37-25(29,30)31/h8-9,12,15,17H,3-7,10-11,14H2,1-2H3,(H,33,36). The Kier molecular flexibility index (Phi) is 8.76. The van der Waals surface area contributed by atoms with Crippen LogP contribution in [0, 0.1) is 23.2 Å². The third-order valence-electron chi connectivity index (χ3n) is 6.46. The van der Waals surface area contributed by atoms with Gasteiger partial charge in [-0.1, -0.05) is 32.8 Å². The summed E-state index contributed by atoms with van der Waals surface area (Å²) in [6.07, 6.45) is -7.23. The van der Waals surface area contributed by atoms with Crippen LogP contribution in [0.3, 0.4) is 0 Å². The van der Waals surface area contributed by atoms with Crippen LogP contribution in [0.25, 0.3) is 5.69 Å². The molecule has 1 aliphatic carbocycles. The average molecular weight is 531 g/mol. The van der Waals surface area contributed by atoms with Crippen molar-refractivity contribution in [3.63, 3.8) is 0 Å². The third-order valence-corrected chi connectivity index (χ3v) is 6.46. The first-order chi connectivity index (χ1) is 17.3. The van der Waals surface area contributed by atoms with Crippen molar-refractivity contribution in [1.29, 1.82) is 5.26 Å². The molecular formula is C25H28F6N4O2. The van der Waals surface area contributed by atoms with Crippen LogP contribution in [-0.4, -0.2) is 34.5 Å². The molecule has 1 aromatic carbocycles. The Hall–Kier alpha value is -3.23. The molecular weight excluding hydrogens is 502 g/mol. The monoisotopic (exact) mass is 530 g/mol. The molecule has 0 unspecified atom stereocenters. The molecule has 1 saturated carbocycles. The van der Waals surface area contributed by atoms with E-state index in [1.54, 1.807) is 6.92 Å². The number of benzene rings is 1. The molecule has 6 nitrogen and oxygen atoms in total. The molecule has 1 heterocycles. The lowest BCUT2D eigenvalue weighted by Gasteiger charge is -2.26. The number of rotatable bonds is 8. The number of nitrogens with zero attached hydrogens (tertiary/aromatic N) is 3. The zero-order valence-electron chi connectivity index (χ0n) is 20.5. The van der Waals surface area contributed by atoms with Gasteiger partial charge in [0.2, 0.25) is 0 Å². The van der Waals surface area contributed by atoms with Gasteiger partial charge in [-0.05, 0) is 48.8 Å². The molecule has 1 amide bonds. The number of imidazole rings is 1. The summed E-state index contributed by atoms with van der Waals surface area (Å²) in [4.78, 5) is 17.2. The van der Waals surface area contributed by atoms with Crippen molar-refractivity contribution in [1.82, 2.24) is 14.9 Å². The second-order valence-electron chi connectivity index (χ2n) is 9.33. The third kappa shape index (κ3) is 7.63. The van der Waals surface area contributed by atoms with Crippen molar-refractivity contribution < 1.29 is 35.9 Å². The fourth-order valence-corrected chi connectivity index (χ4v) is 4.47. The van der Waals surface area contributed by atoms with Gasteiger partial charge in [0.1, 0.15) is 11.9 Å². The van der Waals surface area contributed by atoms with Gasteiger partial charge in [-0.25, -0.2) is 4.98 Å². The normalized spacial score (nSPS) is 18.4. The maximum Gasteiger partial charge on any atom is 0.573 e. The fraction of sp³-hybridized carbons (Fsp3) is 0.560. The van der Waals surface area contributed by atoms with E-state index < -0.39 is 37.0 Å². The first kappa shape index (κ1) is 28.3. The summed E-state index contributed by atoms with van der Waals surface area (Å²) < 4.78 is 82.7. The van der Waals surface area contributed by atoms with Gasteiger partial charge in [0, 0.05) is 19.4 Å². The number of hydrogen-bond acceptors (Lipinski definition) is 4. The van der Waals surface area contributed by atoms with Crippen molar-refractivity contribution >= 4 is 5.91 Å². The number of aryl methyl sites for hydroxylation is 2. The molecule has 0 saturated heterocycles. The van der Waals surface area contributed by atoms with Crippen LogP contribution in [0.15, 0.2) is 18.2 Å². The zero-order chi connectivity index (χ0) is 27.4. The van der Waals surface area contributed by atoms with Gasteiger partial charge in [0.05, 0.1) is 5.69 Å². The molecule has 1 N–H and O–H groups in total. The second kappa shape index (κ2) is 11.4. The van der Waals surface area contributed by atoms with Crippen molar-refractivity contribution in [3.05, 3.63) is 41.0 Å². The Labute approximate surface area is 210 Å². The molecule has 0 aliphatic heterocycles. The number of aromatic nitrogens is 2. The van der Waals surface area contributed by atoms with Crippen molar-refractivity contribution in [3.8, 4) is 17.5 Å². The zero-order valence-corrected chi connectivity index (χ0v) is 20.5. The summed E-state index contributed by atoms with van der Waals surface area (Å²) >= 11 is 0. The van der Waals surface area contributed by atoms with E-state index in [1.165, 1.54) is 6.07 Å². The minimum absolute atomic E-state index is 0.0308. The molecule has 37 heavy (non-hydrogen) atoms. The Morgan fingerprint density at radius 1 is 1.19 bits per heavy atom. The molecule has 0 radical (unpaired) electrons. The summed E-state index contributed by atoms with van der Waals surface area (Å²) in [5, 5.41) is 12.6. The van der Waals surface area contributed by atoms with E-state index in [0.717, 1.165) is 42.4 Å². The molecule has 12 heteroatoms. The number of ether oxygens (including phenoxy) is 1. The van der Waals surface area contributed by atoms with Gasteiger partial charge in [-0.2, -0.15) is 18.4 Å². The first-order valence-electron chi connectivity index (χ1n) is 12.1. The number of carbonyl (C=O) groups excluding carboxylic acids is 1. The van der Waals surface area contributed by atoms with Crippen molar-refractivity contribution in [2.24, 2.45) is 11.8 Å². The molecule has 202 valence electrons. The lowest BCUT2D eigenvalue weighted by molar-refractivity contribution is -0.274. The fourth-order valence-electron chi connectivity index (χ4n) is 4.47. The lowest BCUT2D eigenvalue weighted by atomic mass is 9.83. The quantitative estimate of drug-likeness (QED) is 0.409. The molecule has 2 aromatic rings. The van der Waals surface area contributed by atoms with Crippen LogP contribution in [0.5, 0.6) is 5.75 Å². The van der Waals surface area contributed by atoms with Gasteiger partial charge in [0.15, 0.2) is 17.1 Å². The van der Waals surface area contributed by atoms with E-state index in [9.17, 15) is 36.4 Å². The van der Waals surface area contributed by atoms with Crippen LogP contribution in [0.2, 0.25) is 0 Å². The van der Waals surface area contributed by atoms with Crippen molar-refractivity contribution in [2.45, 2.75) is 71.3 Å². The number of halogens is 6. The summed E-state index contributed by atoms with van der Waals surface area (Å²) in [6.45, 7) is 4.21. The largest absolute Gasteiger partial charge is 0.573 e. The van der Waals surface area contributed by atoms with E-state index in [-0.39, 0.29) is 40.8 Å². The molecule has 0 spiro atoms. The van der Waals surface area contributed by atoms with Gasteiger partial charge in [0.25, 0.3) is 5.91 Å². The highest BCUT2D eigenvalue weighted by molar-refractivity contribution is 5.94. The average Bonchev–Trinajstić information content (AvgIpc) is 3.19. The highest BCUT2D eigenvalue weighted by atomic mass is 19.4. The molecule has 0 bridgehead atoms. The number of nitriles is 1. The van der Waals surface area contributed by atoms with Crippen LogP contribution >= 0.6 is 0 Å². The SMILES string of the molecule is CCc1nc(C(=O)NCC2CCC(C)CC2)c(C#N)n1-c1ccc(CCC(F)(F)F)cc1OC(F)(F)F. The highest BCUT2D eigenvalue weighted by Crippen LogP contribution is 2.34. The van der Waals surface area contributed by atoms with Crippen molar-refractivity contribution in [2.75, 3.05) is 6.54 Å². The predicted octanol–water partition coefficient (Wildman–Crippen LogP) is 6.26. The van der Waals surface area contributed by atoms with Crippen LogP contribution in [0.1, 0.15) is 73.5 Å². The molecule has 0 atom stereocenters. The van der Waals surface area contributed by atoms with E-state index in [2.05, 4.69) is 22.0 Å². The summed E-state index contributed by atoms with van der Waals surface area (Å²) in [6, 6.07) is 5.08. The number of carbonyl (C=O) groups is 1. The molecule has 1 aromatic heterocycles. The maximum atomic E-state index is 13.2. The Balaban J connectivity index is 1.96. The second-order valence-corrected chi connectivity index (χ2v) is 9.33. The summed E-state index contributed by atoms with van der Waals surface area (Å²) in [5.41, 5.74) is -0.810. The summed E-state index contributed by atoms with van der Waals surface area (Å²) in [7, 11) is 0. The molecule has 3 rings (SSSR count). The minimum atomic E-state index is -5.14. The van der Waals surface area contributed by atoms with E-state index in [0.29, 0.717) is 12.5 Å². The highest BCUT2D eigenvalue weighted by Gasteiger charge is 2.34. The molecule has 1 aliphatic rings. The Bertz CT molecular complexity index is 1140. The van der Waals surface area contributed by atoms with Gasteiger partial charge < -0.3 is 10.1 Å². The number of nitrogens with one attached hydrogen (secondary N) is 1. The lowest BCUT2D eigenvalue weighted by Crippen LogP contribution is -2.31. The number of alkyl halides is 6. The van der Waals surface area contributed by atoms with Crippen LogP contribution in [-0.2, 0) is 12.8 Å². The topological polar surface area (TPSA) is 79.9 Å². The van der Waals surface area contributed by atoms with E-state index >= 15 is 0 Å². The minimum Gasteiger partial charge on any atom is -0.404 e. The number of hydrogen-bond donors (Lipinski definition) is 1. The van der Waals surface area contributed by atoms with E-state index in [1.807, 2.05) is 6.07 Å². The number of amides is 1. The van der Waals surface area contributed by atoms with Crippen LogP contribution in [0.4, 0.5) is 26.3 Å². The van der Waals surface area contributed by atoms with E-state index in [4.69, 9.17) is 0 Å². The van der Waals surface area contributed by atoms with Gasteiger partial charge >= 0.3 is 12.5 Å². The maximum absolute atomic E-state index is 13.2. The predicted molar refractivity (Wildman–Crippen MR) is 122 cm³/mol. The summed E-state index contributed by atoms with van der Waals surface area (Å²) in [5.74, 6) is -0.367. The van der Waals surface area contributed by atoms with Gasteiger partial charge in [-0.15, -0.1) is 13.2 Å². The van der Waals surface area contributed by atoms with Gasteiger partial charge in [-0.3, -0.25) is 9.36 Å².